The van der Waals surface area contributed by atoms with Crippen LogP contribution in [0.1, 0.15) is 21.5 Å². The zero-order chi connectivity index (χ0) is 16.1. The van der Waals surface area contributed by atoms with Crippen LogP contribution >= 0.6 is 11.6 Å². The van der Waals surface area contributed by atoms with Gasteiger partial charge in [-0.05, 0) is 23.3 Å². The van der Waals surface area contributed by atoms with E-state index in [2.05, 4.69) is 21.4 Å². The first-order valence-corrected chi connectivity index (χ1v) is 7.52. The summed E-state index contributed by atoms with van der Waals surface area (Å²) in [5, 5.41) is 3.19. The van der Waals surface area contributed by atoms with Gasteiger partial charge in [-0.25, -0.2) is 9.97 Å². The number of halogens is 1. The van der Waals surface area contributed by atoms with E-state index in [0.717, 1.165) is 17.7 Å². The van der Waals surface area contributed by atoms with Crippen molar-refractivity contribution >= 4 is 17.5 Å². The van der Waals surface area contributed by atoms with Crippen molar-refractivity contribution in [3.05, 3.63) is 83.2 Å². The molecule has 3 aromatic rings. The lowest BCUT2D eigenvalue weighted by atomic mass is 10.1. The average Bonchev–Trinajstić information content (AvgIpc) is 3.06. The number of amides is 1. The molecular formula is C17H15ClN4O. The van der Waals surface area contributed by atoms with Gasteiger partial charge in [-0.3, -0.25) is 4.79 Å². The highest BCUT2D eigenvalue weighted by Crippen LogP contribution is 2.09. The third kappa shape index (κ3) is 4.17. The largest absolute Gasteiger partial charge is 0.348 e. The molecule has 0 aliphatic heterocycles. The smallest absolute Gasteiger partial charge is 0.251 e. The van der Waals surface area contributed by atoms with Gasteiger partial charge in [0.15, 0.2) is 0 Å². The van der Waals surface area contributed by atoms with Crippen molar-refractivity contribution < 1.29 is 4.79 Å². The Bertz CT molecular complexity index is 802. The van der Waals surface area contributed by atoms with Gasteiger partial charge in [0.05, 0.1) is 6.33 Å². The van der Waals surface area contributed by atoms with Crippen LogP contribution in [0.4, 0.5) is 0 Å². The summed E-state index contributed by atoms with van der Waals surface area (Å²) in [5.74, 6) is -0.172. The molecule has 116 valence electrons. The number of aromatic nitrogens is 3. The Morgan fingerprint density at radius 2 is 2.04 bits per heavy atom. The SMILES string of the molecule is O=C(NCc1cccc(Cn2ccnc2)c1)c1ccnc(Cl)c1. The molecule has 0 saturated heterocycles. The van der Waals surface area contributed by atoms with E-state index in [-0.39, 0.29) is 5.91 Å². The molecule has 2 aromatic heterocycles. The van der Waals surface area contributed by atoms with E-state index in [1.807, 2.05) is 29.0 Å². The van der Waals surface area contributed by atoms with E-state index in [9.17, 15) is 4.79 Å². The predicted octanol–water partition coefficient (Wildman–Crippen LogP) is 2.91. The molecule has 0 fully saturated rings. The van der Waals surface area contributed by atoms with Gasteiger partial charge in [0.2, 0.25) is 0 Å². The number of nitrogens with zero attached hydrogens (tertiary/aromatic N) is 3. The van der Waals surface area contributed by atoms with Gasteiger partial charge in [0.25, 0.3) is 5.91 Å². The second kappa shape index (κ2) is 7.07. The van der Waals surface area contributed by atoms with Crippen molar-refractivity contribution in [3.8, 4) is 0 Å². The first kappa shape index (κ1) is 15.2. The molecule has 0 atom stereocenters. The van der Waals surface area contributed by atoms with E-state index >= 15 is 0 Å². The number of rotatable bonds is 5. The third-order valence-corrected chi connectivity index (χ3v) is 3.56. The lowest BCUT2D eigenvalue weighted by Gasteiger charge is -2.08. The molecule has 0 saturated carbocycles. The van der Waals surface area contributed by atoms with Crippen LogP contribution in [0.15, 0.2) is 61.3 Å². The molecule has 0 radical (unpaired) electrons. The summed E-state index contributed by atoms with van der Waals surface area (Å²) < 4.78 is 2.00. The molecule has 2 heterocycles. The lowest BCUT2D eigenvalue weighted by molar-refractivity contribution is 0.0951. The average molecular weight is 327 g/mol. The Morgan fingerprint density at radius 3 is 2.83 bits per heavy atom. The summed E-state index contributed by atoms with van der Waals surface area (Å²) >= 11 is 5.80. The zero-order valence-corrected chi connectivity index (χ0v) is 13.1. The Hall–Kier alpha value is -2.66. The van der Waals surface area contributed by atoms with Gasteiger partial charge < -0.3 is 9.88 Å². The number of nitrogens with one attached hydrogen (secondary N) is 1. The fourth-order valence-electron chi connectivity index (χ4n) is 2.26. The van der Waals surface area contributed by atoms with Crippen molar-refractivity contribution in [3.63, 3.8) is 0 Å². The summed E-state index contributed by atoms with van der Waals surface area (Å²) in [6, 6.07) is 11.3. The maximum atomic E-state index is 12.1. The monoisotopic (exact) mass is 326 g/mol. The van der Waals surface area contributed by atoms with Gasteiger partial charge in [-0.2, -0.15) is 0 Å². The fourth-order valence-corrected chi connectivity index (χ4v) is 2.43. The normalized spacial score (nSPS) is 10.5. The summed E-state index contributed by atoms with van der Waals surface area (Å²) in [7, 11) is 0. The predicted molar refractivity (Wildman–Crippen MR) is 88.2 cm³/mol. The molecule has 0 bridgehead atoms. The summed E-state index contributed by atoms with van der Waals surface area (Å²) in [6.07, 6.45) is 6.97. The first-order chi connectivity index (χ1) is 11.2. The highest BCUT2D eigenvalue weighted by molar-refractivity contribution is 6.29. The number of carbonyl (C=O) groups excluding carboxylic acids is 1. The molecule has 3 rings (SSSR count). The minimum Gasteiger partial charge on any atom is -0.348 e. The zero-order valence-electron chi connectivity index (χ0n) is 12.3. The van der Waals surface area contributed by atoms with E-state index in [1.54, 1.807) is 24.7 Å². The lowest BCUT2D eigenvalue weighted by Crippen LogP contribution is -2.22. The van der Waals surface area contributed by atoms with Crippen LogP contribution in [0.5, 0.6) is 0 Å². The van der Waals surface area contributed by atoms with Crippen LogP contribution in [0, 0.1) is 0 Å². The summed E-state index contributed by atoms with van der Waals surface area (Å²) in [6.45, 7) is 1.21. The number of benzene rings is 1. The molecule has 6 heteroatoms. The molecular weight excluding hydrogens is 312 g/mol. The number of pyridine rings is 1. The molecule has 1 N–H and O–H groups in total. The molecule has 1 amide bonds. The summed E-state index contributed by atoms with van der Waals surface area (Å²) in [5.41, 5.74) is 2.69. The number of carbonyl (C=O) groups is 1. The van der Waals surface area contributed by atoms with Crippen LogP contribution in [0.2, 0.25) is 5.15 Å². The van der Waals surface area contributed by atoms with Crippen molar-refractivity contribution in [1.29, 1.82) is 0 Å². The van der Waals surface area contributed by atoms with Gasteiger partial charge in [0.1, 0.15) is 5.15 Å². The minimum absolute atomic E-state index is 0.172. The fraction of sp³-hybridized carbons (Fsp3) is 0.118. The van der Waals surface area contributed by atoms with E-state index in [1.165, 1.54) is 6.20 Å². The molecule has 0 aliphatic rings. The standard InChI is InChI=1S/C17H15ClN4O/c18-16-9-15(4-5-20-16)17(23)21-10-13-2-1-3-14(8-13)11-22-7-6-19-12-22/h1-9,12H,10-11H2,(H,21,23). The van der Waals surface area contributed by atoms with Crippen molar-refractivity contribution in [2.45, 2.75) is 13.1 Å². The van der Waals surface area contributed by atoms with E-state index in [0.29, 0.717) is 17.3 Å². The third-order valence-electron chi connectivity index (χ3n) is 3.36. The van der Waals surface area contributed by atoms with Crippen LogP contribution in [-0.2, 0) is 13.1 Å². The van der Waals surface area contributed by atoms with Crippen LogP contribution in [-0.4, -0.2) is 20.4 Å². The Kier molecular flexibility index (Phi) is 4.68. The van der Waals surface area contributed by atoms with Gasteiger partial charge in [-0.15, -0.1) is 0 Å². The Balaban J connectivity index is 1.63. The van der Waals surface area contributed by atoms with Crippen LogP contribution in [0.3, 0.4) is 0 Å². The quantitative estimate of drug-likeness (QED) is 0.733. The molecule has 0 spiro atoms. The Labute approximate surface area is 139 Å². The molecule has 1 aromatic carbocycles. The maximum Gasteiger partial charge on any atom is 0.251 e. The van der Waals surface area contributed by atoms with Crippen molar-refractivity contribution in [2.24, 2.45) is 0 Å². The highest BCUT2D eigenvalue weighted by atomic mass is 35.5. The number of hydrogen-bond donors (Lipinski definition) is 1. The highest BCUT2D eigenvalue weighted by Gasteiger charge is 2.06. The van der Waals surface area contributed by atoms with E-state index in [4.69, 9.17) is 11.6 Å². The summed E-state index contributed by atoms with van der Waals surface area (Å²) in [4.78, 5) is 20.0. The Morgan fingerprint density at radius 1 is 1.17 bits per heavy atom. The number of hydrogen-bond acceptors (Lipinski definition) is 3. The van der Waals surface area contributed by atoms with Gasteiger partial charge in [-0.1, -0.05) is 35.9 Å². The van der Waals surface area contributed by atoms with E-state index < -0.39 is 0 Å². The molecule has 5 nitrogen and oxygen atoms in total. The second-order valence-corrected chi connectivity index (χ2v) is 5.49. The topological polar surface area (TPSA) is 59.8 Å². The van der Waals surface area contributed by atoms with Gasteiger partial charge in [0, 0.05) is 37.2 Å². The number of imidazole rings is 1. The van der Waals surface area contributed by atoms with Crippen LogP contribution < -0.4 is 5.32 Å². The molecule has 0 aliphatic carbocycles. The molecule has 0 unspecified atom stereocenters. The van der Waals surface area contributed by atoms with Crippen molar-refractivity contribution in [2.75, 3.05) is 0 Å². The minimum atomic E-state index is -0.172. The van der Waals surface area contributed by atoms with Gasteiger partial charge >= 0.3 is 0 Å². The molecule has 23 heavy (non-hydrogen) atoms. The van der Waals surface area contributed by atoms with Crippen LogP contribution in [0.25, 0.3) is 0 Å². The maximum absolute atomic E-state index is 12.1. The van der Waals surface area contributed by atoms with Crippen molar-refractivity contribution in [1.82, 2.24) is 19.9 Å². The second-order valence-electron chi connectivity index (χ2n) is 5.10. The first-order valence-electron chi connectivity index (χ1n) is 7.14.